The van der Waals surface area contributed by atoms with Gasteiger partial charge in [0.25, 0.3) is 0 Å². The number of aryl methyl sites for hydroxylation is 3. The molecule has 3 heterocycles. The third kappa shape index (κ3) is 12.8. The molecule has 3 nitrogen and oxygen atoms in total. The highest BCUT2D eigenvalue weighted by atomic mass is 15.1. The van der Waals surface area contributed by atoms with Gasteiger partial charge in [-0.05, 0) is 250 Å². The molecule has 23 rings (SSSR count). The van der Waals surface area contributed by atoms with Crippen molar-refractivity contribution in [1.82, 2.24) is 0 Å². The molecule has 0 unspecified atom stereocenters. The van der Waals surface area contributed by atoms with E-state index in [0.717, 1.165) is 12.8 Å². The molecule has 0 atom stereocenters. The lowest BCUT2D eigenvalue weighted by Gasteiger charge is -2.31. The predicted molar refractivity (Wildman–Crippen MR) is 512 cm³/mol. The molecule has 0 radical (unpaired) electrons. The second kappa shape index (κ2) is 29.9. The Kier molecular flexibility index (Phi) is 18.1. The minimum Gasteiger partial charge on any atom is -0.344 e. The summed E-state index contributed by atoms with van der Waals surface area (Å²) < 4.78 is 0. The first-order valence-electron chi connectivity index (χ1n) is 41.6. The van der Waals surface area contributed by atoms with Crippen molar-refractivity contribution in [3.63, 3.8) is 0 Å². The summed E-state index contributed by atoms with van der Waals surface area (Å²) in [5, 5.41) is 18.1. The Morgan fingerprint density at radius 2 is 0.471 bits per heavy atom. The molecule has 0 amide bonds. The zero-order valence-corrected chi connectivity index (χ0v) is 67.8. The average molecular weight is 1520 g/mol. The van der Waals surface area contributed by atoms with E-state index in [4.69, 9.17) is 0 Å². The van der Waals surface area contributed by atoms with Gasteiger partial charge in [0.2, 0.25) is 0 Å². The maximum atomic E-state index is 2.41. The Bertz CT molecular complexity index is 7500. The van der Waals surface area contributed by atoms with Gasteiger partial charge in [0.15, 0.2) is 0 Å². The number of nitrogens with zero attached hydrogens (tertiary/aromatic N) is 3. The molecule has 3 aliphatic heterocycles. The van der Waals surface area contributed by atoms with Crippen molar-refractivity contribution in [3.05, 3.63) is 432 Å². The van der Waals surface area contributed by atoms with Gasteiger partial charge in [-0.25, -0.2) is 0 Å². The van der Waals surface area contributed by atoms with Gasteiger partial charge in [-0.2, -0.15) is 0 Å². The van der Waals surface area contributed by atoms with Gasteiger partial charge in [0, 0.05) is 68.1 Å². The zero-order chi connectivity index (χ0) is 79.9. The lowest BCUT2D eigenvalue weighted by molar-refractivity contribution is 1.06. The largest absolute Gasteiger partial charge is 0.344 e. The smallest absolute Gasteiger partial charge is 0.0488 e. The molecule has 0 saturated carbocycles. The van der Waals surface area contributed by atoms with Crippen LogP contribution in [0.25, 0.3) is 165 Å². The van der Waals surface area contributed by atoms with E-state index in [0.29, 0.717) is 0 Å². The fourth-order valence-corrected chi connectivity index (χ4v) is 19.5. The Labute approximate surface area is 696 Å². The van der Waals surface area contributed by atoms with Crippen LogP contribution in [0.2, 0.25) is 0 Å². The fourth-order valence-electron chi connectivity index (χ4n) is 19.5. The third-order valence-electron chi connectivity index (χ3n) is 25.3. The van der Waals surface area contributed by atoms with Crippen molar-refractivity contribution in [2.24, 2.45) is 0 Å². The van der Waals surface area contributed by atoms with E-state index in [1.165, 1.54) is 237 Å². The van der Waals surface area contributed by atoms with Crippen LogP contribution in [-0.2, 0) is 12.8 Å². The van der Waals surface area contributed by atoms with Crippen LogP contribution in [0.4, 0.5) is 34.1 Å². The van der Waals surface area contributed by atoms with Crippen molar-refractivity contribution in [2.75, 3.05) is 35.8 Å². The molecule has 0 aliphatic carbocycles. The summed E-state index contributed by atoms with van der Waals surface area (Å²) in [4.78, 5) is 7.04. The van der Waals surface area contributed by atoms with E-state index in [-0.39, 0.29) is 0 Å². The third-order valence-corrected chi connectivity index (χ3v) is 25.3. The highest BCUT2D eigenvalue weighted by molar-refractivity contribution is 6.25. The van der Waals surface area contributed by atoms with Gasteiger partial charge in [0.1, 0.15) is 0 Å². The second-order valence-corrected chi connectivity index (χ2v) is 32.5. The number of rotatable bonds is 7. The van der Waals surface area contributed by atoms with Gasteiger partial charge in [0.05, 0.1) is 0 Å². The summed E-state index contributed by atoms with van der Waals surface area (Å²) in [6, 6.07) is 141. The van der Waals surface area contributed by atoms with Gasteiger partial charge < -0.3 is 14.7 Å². The van der Waals surface area contributed by atoms with Crippen LogP contribution in [0.15, 0.2) is 382 Å². The van der Waals surface area contributed by atoms with Gasteiger partial charge in [-0.15, -0.1) is 0 Å². The molecule has 0 fully saturated rings. The Balaban J connectivity index is 0.000000111. The molecule has 20 aromatic carbocycles. The summed E-state index contributed by atoms with van der Waals surface area (Å²) in [7, 11) is 6.57. The molecule has 3 aliphatic rings. The molecule has 3 heteroatoms. The van der Waals surface area contributed by atoms with Crippen LogP contribution in [-0.4, -0.2) is 21.1 Å². The Hall–Kier alpha value is -14.6. The number of hydrogen-bond acceptors (Lipinski definition) is 3. The topological polar surface area (TPSA) is 9.72 Å². The van der Waals surface area contributed by atoms with Crippen LogP contribution < -0.4 is 14.7 Å². The summed E-state index contributed by atoms with van der Waals surface area (Å²) in [6.45, 7) is 6.59. The Morgan fingerprint density at radius 1 is 0.176 bits per heavy atom. The predicted octanol–water partition coefficient (Wildman–Crippen LogP) is 31.3. The van der Waals surface area contributed by atoms with Crippen LogP contribution in [0, 0.1) is 20.8 Å². The van der Waals surface area contributed by atoms with Crippen molar-refractivity contribution in [2.45, 2.75) is 33.6 Å². The van der Waals surface area contributed by atoms with Gasteiger partial charge >= 0.3 is 0 Å². The van der Waals surface area contributed by atoms with E-state index in [1.54, 1.807) is 0 Å². The van der Waals surface area contributed by atoms with E-state index < -0.39 is 0 Å². The molecule has 0 N–H and O–H groups in total. The van der Waals surface area contributed by atoms with Gasteiger partial charge in [-0.1, -0.05) is 369 Å². The molecule has 0 aromatic heterocycles. The van der Waals surface area contributed by atoms with Crippen LogP contribution >= 0.6 is 0 Å². The van der Waals surface area contributed by atoms with E-state index in [2.05, 4.69) is 451 Å². The number of fused-ring (bicyclic) bond motifs is 13. The van der Waals surface area contributed by atoms with E-state index >= 15 is 0 Å². The van der Waals surface area contributed by atoms with Crippen LogP contribution in [0.5, 0.6) is 0 Å². The highest BCUT2D eigenvalue weighted by Gasteiger charge is 2.27. The van der Waals surface area contributed by atoms with Gasteiger partial charge in [-0.3, -0.25) is 0 Å². The first-order chi connectivity index (χ1) is 58.5. The maximum Gasteiger partial charge on any atom is 0.0488 e. The molecule has 0 bridgehead atoms. The number of hydrogen-bond donors (Lipinski definition) is 0. The van der Waals surface area contributed by atoms with Crippen LogP contribution in [0.3, 0.4) is 0 Å². The lowest BCUT2D eigenvalue weighted by atomic mass is 9.84. The molecular formula is C116H87N3. The van der Waals surface area contributed by atoms with Crippen LogP contribution in [0.1, 0.15) is 50.1 Å². The summed E-state index contributed by atoms with van der Waals surface area (Å²) in [5.41, 5.74) is 37.2. The molecule has 0 saturated heterocycles. The van der Waals surface area contributed by atoms with Crippen molar-refractivity contribution < 1.29 is 0 Å². The molecule has 566 valence electrons. The summed E-state index contributed by atoms with van der Waals surface area (Å²) >= 11 is 0. The van der Waals surface area contributed by atoms with Crippen molar-refractivity contribution in [3.8, 4) is 77.9 Å². The van der Waals surface area contributed by atoms with E-state index in [9.17, 15) is 0 Å². The average Bonchev–Trinajstić information content (AvgIpc) is 0.849. The first kappa shape index (κ1) is 72.1. The standard InChI is InChI=1S/C42H31N.C39H29N.C35H27N/c1-28-16-25-37-38(26-28)42(34-24-21-32-20-19-31-12-6-9-15-39(31)43(2)40(32)27-34)36-14-8-7-13-35(36)41(37)33-22-17-30(18-23-33)29-10-4-3-5-11-29;1-25-15-20-34-35(21-25)39(31-19-17-29-23-28-11-5-8-14-36(28)40(2)37(29)24-31)33-13-7-6-12-32(33)38(34)30-18-16-26-9-3-4-10-27(26)22-30;1-23-16-19-30-31(20-23)35(29-14-8-7-13-28(29)34(30)24-10-4-3-5-11-24)27-18-17-26-21-25-12-6-9-15-32(25)36(2)33(26)22-27/h3-27H,1-2H3;3-22,24H,23H2,1-2H3;3-20,22H,21H2,1-2H3. The second-order valence-electron chi connectivity index (χ2n) is 32.5. The zero-order valence-electron chi connectivity index (χ0n) is 67.8. The van der Waals surface area contributed by atoms with E-state index in [1.807, 2.05) is 0 Å². The minimum atomic E-state index is 0.970. The Morgan fingerprint density at radius 3 is 0.950 bits per heavy atom. The fraction of sp³-hybridized carbons (Fsp3) is 0.0690. The summed E-state index contributed by atoms with van der Waals surface area (Å²) in [5.74, 6) is 0. The molecule has 20 aromatic rings. The molecule has 119 heavy (non-hydrogen) atoms. The quantitative estimate of drug-likeness (QED) is 0.147. The first-order valence-corrected chi connectivity index (χ1v) is 41.6. The van der Waals surface area contributed by atoms with Crippen molar-refractivity contribution in [1.29, 1.82) is 0 Å². The summed E-state index contributed by atoms with van der Waals surface area (Å²) in [6.07, 6.45) is 6.41. The SMILES string of the molecule is Cc1ccc2c(-c3ccc(-c4ccccc4)cc3)c3ccccc3c(-c3ccc4c(c3)N(C)c3ccccc3C=C4)c2c1.Cc1ccc2c(-c3ccc4ccccc4c3)c3ccccc3c(-c3ccc4c(c3)N(C)c3ccccc3C4)c2c1.Cc1ccc2c(-c3ccccc3)c3ccccc3c(-c3ccc4c(c3)N(C)c3ccccc3C4)c2c1. The normalized spacial score (nSPS) is 12.5. The molecule has 0 spiro atoms. The lowest BCUT2D eigenvalue weighted by Crippen LogP contribution is -2.18. The monoisotopic (exact) mass is 1520 g/mol. The number of para-hydroxylation sites is 3. The minimum absolute atomic E-state index is 0.970. The maximum absolute atomic E-state index is 2.41. The number of anilines is 6. The van der Waals surface area contributed by atoms with Crippen molar-refractivity contribution >= 4 is 122 Å². The number of benzene rings is 20. The highest BCUT2D eigenvalue weighted by Crippen LogP contribution is 2.52. The molecular weight excluding hydrogens is 1440 g/mol.